The van der Waals surface area contributed by atoms with Gasteiger partial charge in [0.05, 0.1) is 25.2 Å². The molecule has 6 heteroatoms. The first-order valence-corrected chi connectivity index (χ1v) is 8.17. The number of carbonyl (C=O) groups is 2. The number of likely N-dealkylation sites (tertiary alicyclic amines) is 1. The summed E-state index contributed by atoms with van der Waals surface area (Å²) < 4.78 is 10.2. The van der Waals surface area contributed by atoms with E-state index in [1.807, 2.05) is 30.3 Å². The molecule has 0 radical (unpaired) electrons. The number of hydrogen-bond acceptors (Lipinski definition) is 4. The van der Waals surface area contributed by atoms with E-state index in [1.54, 1.807) is 31.1 Å². The predicted molar refractivity (Wildman–Crippen MR) is 90.4 cm³/mol. The molecule has 1 saturated heterocycles. The molecule has 0 bridgehead atoms. The number of benzene rings is 1. The van der Waals surface area contributed by atoms with Gasteiger partial charge in [0, 0.05) is 40.8 Å². The van der Waals surface area contributed by atoms with Gasteiger partial charge in [-0.15, -0.1) is 0 Å². The van der Waals surface area contributed by atoms with Crippen molar-refractivity contribution in [1.29, 1.82) is 0 Å². The molecule has 0 saturated carbocycles. The average Bonchev–Trinajstić information content (AvgIpc) is 2.94. The van der Waals surface area contributed by atoms with Crippen molar-refractivity contribution in [1.82, 2.24) is 9.80 Å². The molecule has 6 nitrogen and oxygen atoms in total. The fraction of sp³-hybridized carbons (Fsp3) is 0.556. The standard InChI is InChI=1S/C18H26N2O4/c1-19(9-11-23-2)18(22)15-13-16(21)20(10-12-24-3)17(15)14-7-5-4-6-8-14/h4-8,15,17H,9-13H2,1-3H3/t15-,17+/m1/s1. The van der Waals surface area contributed by atoms with Crippen LogP contribution in [0.2, 0.25) is 0 Å². The highest BCUT2D eigenvalue weighted by atomic mass is 16.5. The summed E-state index contributed by atoms with van der Waals surface area (Å²) in [7, 11) is 4.97. The zero-order chi connectivity index (χ0) is 17.5. The van der Waals surface area contributed by atoms with Gasteiger partial charge in [0.2, 0.25) is 11.8 Å². The van der Waals surface area contributed by atoms with E-state index in [2.05, 4.69) is 0 Å². The van der Waals surface area contributed by atoms with Gasteiger partial charge in [0.25, 0.3) is 0 Å². The van der Waals surface area contributed by atoms with Crippen molar-refractivity contribution in [3.8, 4) is 0 Å². The third kappa shape index (κ3) is 4.13. The number of ether oxygens (including phenoxy) is 2. The minimum atomic E-state index is -0.376. The second kappa shape index (κ2) is 8.80. The Bertz CT molecular complexity index is 549. The van der Waals surface area contributed by atoms with E-state index in [0.29, 0.717) is 26.3 Å². The Morgan fingerprint density at radius 1 is 1.21 bits per heavy atom. The molecule has 0 unspecified atom stereocenters. The van der Waals surface area contributed by atoms with E-state index in [0.717, 1.165) is 5.56 Å². The van der Waals surface area contributed by atoms with Crippen molar-refractivity contribution in [3.05, 3.63) is 35.9 Å². The maximum Gasteiger partial charge on any atom is 0.228 e. The Labute approximate surface area is 143 Å². The Balaban J connectivity index is 2.24. The van der Waals surface area contributed by atoms with Crippen LogP contribution in [0.4, 0.5) is 0 Å². The second-order valence-corrected chi connectivity index (χ2v) is 6.00. The van der Waals surface area contributed by atoms with E-state index >= 15 is 0 Å². The topological polar surface area (TPSA) is 59.1 Å². The lowest BCUT2D eigenvalue weighted by Crippen LogP contribution is -2.39. The molecule has 0 aliphatic carbocycles. The minimum absolute atomic E-state index is 0.000561. The normalized spacial score (nSPS) is 20.5. The van der Waals surface area contributed by atoms with Crippen LogP contribution in [-0.2, 0) is 19.1 Å². The summed E-state index contributed by atoms with van der Waals surface area (Å²) in [6.45, 7) is 1.93. The van der Waals surface area contributed by atoms with E-state index in [9.17, 15) is 9.59 Å². The van der Waals surface area contributed by atoms with Crippen LogP contribution in [0.3, 0.4) is 0 Å². The molecular formula is C18H26N2O4. The Morgan fingerprint density at radius 2 is 1.88 bits per heavy atom. The molecule has 1 aliphatic rings. The van der Waals surface area contributed by atoms with Crippen LogP contribution < -0.4 is 0 Å². The summed E-state index contributed by atoms with van der Waals surface area (Å²) in [6.07, 6.45) is 0.236. The molecule has 1 aromatic carbocycles. The first kappa shape index (κ1) is 18.4. The Morgan fingerprint density at radius 3 is 2.50 bits per heavy atom. The van der Waals surface area contributed by atoms with Crippen molar-refractivity contribution in [2.75, 3.05) is 47.6 Å². The zero-order valence-corrected chi connectivity index (χ0v) is 14.6. The maximum atomic E-state index is 12.9. The number of amides is 2. The van der Waals surface area contributed by atoms with E-state index in [1.165, 1.54) is 0 Å². The summed E-state index contributed by atoms with van der Waals surface area (Å²) in [6, 6.07) is 9.50. The number of hydrogen-bond donors (Lipinski definition) is 0. The highest BCUT2D eigenvalue weighted by Gasteiger charge is 2.45. The first-order chi connectivity index (χ1) is 11.6. The summed E-state index contributed by atoms with van der Waals surface area (Å²) in [5.74, 6) is -0.396. The minimum Gasteiger partial charge on any atom is -0.383 e. The molecule has 1 aliphatic heterocycles. The molecule has 2 atom stereocenters. The van der Waals surface area contributed by atoms with E-state index in [-0.39, 0.29) is 30.2 Å². The molecule has 1 heterocycles. The van der Waals surface area contributed by atoms with Crippen molar-refractivity contribution < 1.29 is 19.1 Å². The van der Waals surface area contributed by atoms with Crippen LogP contribution in [0, 0.1) is 5.92 Å². The van der Waals surface area contributed by atoms with Gasteiger partial charge in [-0.3, -0.25) is 9.59 Å². The number of rotatable bonds is 8. The third-order valence-corrected chi connectivity index (χ3v) is 4.43. The van der Waals surface area contributed by atoms with Crippen LogP contribution in [0.25, 0.3) is 0 Å². The molecule has 0 spiro atoms. The highest BCUT2D eigenvalue weighted by molar-refractivity contribution is 5.90. The van der Waals surface area contributed by atoms with Crippen molar-refractivity contribution in [2.45, 2.75) is 12.5 Å². The summed E-state index contributed by atoms with van der Waals surface area (Å²) in [5.41, 5.74) is 0.984. The van der Waals surface area contributed by atoms with Gasteiger partial charge in [-0.25, -0.2) is 0 Å². The molecule has 2 rings (SSSR count). The zero-order valence-electron chi connectivity index (χ0n) is 14.6. The van der Waals surface area contributed by atoms with Gasteiger partial charge < -0.3 is 19.3 Å². The number of nitrogens with zero attached hydrogens (tertiary/aromatic N) is 2. The fourth-order valence-corrected chi connectivity index (χ4v) is 3.15. The summed E-state index contributed by atoms with van der Waals surface area (Å²) in [4.78, 5) is 28.8. The largest absolute Gasteiger partial charge is 0.383 e. The molecule has 1 fully saturated rings. The monoisotopic (exact) mass is 334 g/mol. The van der Waals surface area contributed by atoms with Gasteiger partial charge in [-0.05, 0) is 5.56 Å². The van der Waals surface area contributed by atoms with Crippen LogP contribution in [0.15, 0.2) is 30.3 Å². The second-order valence-electron chi connectivity index (χ2n) is 6.00. The molecule has 2 amide bonds. The lowest BCUT2D eigenvalue weighted by molar-refractivity contribution is -0.135. The van der Waals surface area contributed by atoms with Crippen LogP contribution in [0.1, 0.15) is 18.0 Å². The van der Waals surface area contributed by atoms with Crippen molar-refractivity contribution in [3.63, 3.8) is 0 Å². The van der Waals surface area contributed by atoms with E-state index in [4.69, 9.17) is 9.47 Å². The number of methoxy groups -OCH3 is 2. The quantitative estimate of drug-likeness (QED) is 0.720. The molecule has 24 heavy (non-hydrogen) atoms. The van der Waals surface area contributed by atoms with Gasteiger partial charge in [-0.1, -0.05) is 30.3 Å². The Kier molecular flexibility index (Phi) is 6.75. The lowest BCUT2D eigenvalue weighted by Gasteiger charge is -2.30. The maximum absolute atomic E-state index is 12.9. The van der Waals surface area contributed by atoms with Gasteiger partial charge in [0.15, 0.2) is 0 Å². The van der Waals surface area contributed by atoms with Crippen molar-refractivity contribution >= 4 is 11.8 Å². The molecule has 132 valence electrons. The first-order valence-electron chi connectivity index (χ1n) is 8.17. The van der Waals surface area contributed by atoms with Crippen LogP contribution >= 0.6 is 0 Å². The Hall–Kier alpha value is -1.92. The smallest absolute Gasteiger partial charge is 0.228 e. The SMILES string of the molecule is COCCN(C)C(=O)[C@@H]1CC(=O)N(CCOC)[C@H]1c1ccccc1. The van der Waals surface area contributed by atoms with Crippen LogP contribution in [-0.4, -0.2) is 69.2 Å². The summed E-state index contributed by atoms with van der Waals surface area (Å²) in [5, 5.41) is 0. The lowest BCUT2D eigenvalue weighted by atomic mass is 9.92. The number of likely N-dealkylation sites (N-methyl/N-ethyl adjacent to an activating group) is 1. The van der Waals surface area contributed by atoms with E-state index < -0.39 is 0 Å². The van der Waals surface area contributed by atoms with Gasteiger partial charge >= 0.3 is 0 Å². The molecule has 0 N–H and O–H groups in total. The molecule has 0 aromatic heterocycles. The molecule has 1 aromatic rings. The summed E-state index contributed by atoms with van der Waals surface area (Å²) >= 11 is 0. The van der Waals surface area contributed by atoms with Gasteiger partial charge in [0.1, 0.15) is 0 Å². The number of carbonyl (C=O) groups excluding carboxylic acids is 2. The fourth-order valence-electron chi connectivity index (χ4n) is 3.15. The van der Waals surface area contributed by atoms with Gasteiger partial charge in [-0.2, -0.15) is 0 Å². The highest BCUT2D eigenvalue weighted by Crippen LogP contribution is 2.38. The third-order valence-electron chi connectivity index (χ3n) is 4.43. The molecular weight excluding hydrogens is 308 g/mol. The van der Waals surface area contributed by atoms with Crippen LogP contribution in [0.5, 0.6) is 0 Å². The average molecular weight is 334 g/mol. The predicted octanol–water partition coefficient (Wildman–Crippen LogP) is 1.33. The van der Waals surface area contributed by atoms with Crippen molar-refractivity contribution in [2.24, 2.45) is 5.92 Å².